The van der Waals surface area contributed by atoms with Gasteiger partial charge >= 0.3 is 6.18 Å². The fourth-order valence-corrected chi connectivity index (χ4v) is 2.53. The normalized spacial score (nSPS) is 12.7. The van der Waals surface area contributed by atoms with Crippen LogP contribution < -0.4 is 16.4 Å². The highest BCUT2D eigenvalue weighted by Gasteiger charge is 2.31. The van der Waals surface area contributed by atoms with Crippen LogP contribution in [0.3, 0.4) is 0 Å². The fourth-order valence-electron chi connectivity index (χ4n) is 2.36. The molecule has 172 valence electrons. The van der Waals surface area contributed by atoms with Gasteiger partial charge in [0.25, 0.3) is 11.8 Å². The molecule has 31 heavy (non-hydrogen) atoms. The number of primary amides is 1. The van der Waals surface area contributed by atoms with Gasteiger partial charge in [0.15, 0.2) is 0 Å². The number of anilines is 1. The highest BCUT2D eigenvalue weighted by Crippen LogP contribution is 2.25. The molecule has 0 aliphatic rings. The van der Waals surface area contributed by atoms with Crippen LogP contribution in [0.1, 0.15) is 43.0 Å². The second kappa shape index (κ2) is 10.5. The van der Waals surface area contributed by atoms with Crippen molar-refractivity contribution in [3.8, 4) is 0 Å². The number of Topliss-reactive ketones (excluding diaryl/α,β-unsaturated/α-hetero) is 1. The number of alkyl halides is 5. The molecule has 0 fully saturated rings. The number of carbonyl (C=O) groups is 4. The smallest absolute Gasteiger partial charge is 0.363 e. The molecule has 13 heteroatoms. The maximum Gasteiger partial charge on any atom is 0.389 e. The van der Waals surface area contributed by atoms with Gasteiger partial charge in [-0.3, -0.25) is 19.2 Å². The Labute approximate surface area is 178 Å². The van der Waals surface area contributed by atoms with Crippen LogP contribution in [0.5, 0.6) is 0 Å². The van der Waals surface area contributed by atoms with E-state index in [0.717, 1.165) is 12.1 Å². The van der Waals surface area contributed by atoms with Crippen molar-refractivity contribution < 1.29 is 41.1 Å². The summed E-state index contributed by atoms with van der Waals surface area (Å²) < 4.78 is 63.1. The molecule has 7 nitrogen and oxygen atoms in total. The summed E-state index contributed by atoms with van der Waals surface area (Å²) in [6.45, 7) is 0.576. The number of amides is 3. The quantitative estimate of drug-likeness (QED) is 0.358. The number of benzene rings is 1. The Balaban J connectivity index is 3.06. The molecular formula is C18H19ClF5N3O4. The fraction of sp³-hybridized carbons (Fsp3) is 0.444. The van der Waals surface area contributed by atoms with Gasteiger partial charge in [-0.2, -0.15) is 13.2 Å². The minimum atomic E-state index is -4.57. The van der Waals surface area contributed by atoms with Gasteiger partial charge < -0.3 is 16.4 Å². The van der Waals surface area contributed by atoms with Crippen molar-refractivity contribution in [3.63, 3.8) is 0 Å². The van der Waals surface area contributed by atoms with Crippen molar-refractivity contribution in [1.29, 1.82) is 0 Å². The predicted octanol–water partition coefficient (Wildman–Crippen LogP) is 3.21. The molecule has 0 aliphatic carbocycles. The van der Waals surface area contributed by atoms with Crippen LogP contribution in [0.4, 0.5) is 27.6 Å². The Hall–Kier alpha value is -2.76. The van der Waals surface area contributed by atoms with Gasteiger partial charge in [0.1, 0.15) is 0 Å². The molecule has 0 saturated carbocycles. The minimum absolute atomic E-state index is 0.00342. The Kier molecular flexibility index (Phi) is 8.91. The zero-order chi connectivity index (χ0) is 24.0. The molecule has 3 amide bonds. The van der Waals surface area contributed by atoms with E-state index in [2.05, 4.69) is 10.6 Å². The molecule has 0 spiro atoms. The van der Waals surface area contributed by atoms with Crippen molar-refractivity contribution in [2.45, 2.75) is 50.7 Å². The Morgan fingerprint density at radius 2 is 1.71 bits per heavy atom. The molecular weight excluding hydrogens is 453 g/mol. The average molecular weight is 472 g/mol. The highest BCUT2D eigenvalue weighted by molar-refractivity contribution is 6.38. The first-order chi connectivity index (χ1) is 14.1. The molecule has 0 aliphatic heterocycles. The molecule has 0 bridgehead atoms. The molecule has 4 N–H and O–H groups in total. The lowest BCUT2D eigenvalue weighted by atomic mass is 10.0. The van der Waals surface area contributed by atoms with Gasteiger partial charge in [0, 0.05) is 17.9 Å². The van der Waals surface area contributed by atoms with Gasteiger partial charge in [-0.15, -0.1) is 0 Å². The molecule has 1 aromatic carbocycles. The molecule has 1 atom stereocenters. The molecule has 0 saturated heterocycles. The third-order valence-corrected chi connectivity index (χ3v) is 4.11. The second-order valence-electron chi connectivity index (χ2n) is 6.72. The van der Waals surface area contributed by atoms with Crippen LogP contribution in [0.2, 0.25) is 5.02 Å². The molecule has 1 rings (SSSR count). The van der Waals surface area contributed by atoms with Crippen molar-refractivity contribution >= 4 is 40.8 Å². The summed E-state index contributed by atoms with van der Waals surface area (Å²) in [5, 5.41) is 4.19. The van der Waals surface area contributed by atoms with E-state index in [0.29, 0.717) is 6.92 Å². The van der Waals surface area contributed by atoms with Gasteiger partial charge in [-0.05, 0) is 31.5 Å². The lowest BCUT2D eigenvalue weighted by Gasteiger charge is -2.19. The van der Waals surface area contributed by atoms with Gasteiger partial charge in [0.2, 0.25) is 17.6 Å². The summed E-state index contributed by atoms with van der Waals surface area (Å²) >= 11 is 5.81. The number of carbonyl (C=O) groups excluding carboxylic acids is 4. The second-order valence-corrected chi connectivity index (χ2v) is 7.15. The Morgan fingerprint density at radius 1 is 1.10 bits per heavy atom. The number of rotatable bonds is 10. The van der Waals surface area contributed by atoms with Gasteiger partial charge in [-0.1, -0.05) is 11.6 Å². The number of nitrogens with one attached hydrogen (secondary N) is 2. The van der Waals surface area contributed by atoms with E-state index in [9.17, 15) is 41.1 Å². The van der Waals surface area contributed by atoms with Crippen LogP contribution in [-0.4, -0.2) is 41.6 Å². The first kappa shape index (κ1) is 26.3. The maximum absolute atomic E-state index is 13.1. The van der Waals surface area contributed by atoms with Crippen LogP contribution in [-0.2, 0) is 14.4 Å². The lowest BCUT2D eigenvalue weighted by molar-refractivity contribution is -0.142. The number of nitrogens with two attached hydrogens (primary N) is 1. The summed E-state index contributed by atoms with van der Waals surface area (Å²) in [6, 6.07) is 1.72. The summed E-state index contributed by atoms with van der Waals surface area (Å²) in [7, 11) is 0. The molecule has 1 aromatic rings. The van der Waals surface area contributed by atoms with E-state index in [1.165, 1.54) is 6.07 Å². The first-order valence-electron chi connectivity index (χ1n) is 8.77. The lowest BCUT2D eigenvalue weighted by Crippen LogP contribution is -2.46. The summed E-state index contributed by atoms with van der Waals surface area (Å²) in [5.41, 5.74) is 4.28. The zero-order valence-electron chi connectivity index (χ0n) is 16.1. The molecule has 0 aromatic heterocycles. The van der Waals surface area contributed by atoms with Crippen molar-refractivity contribution in [3.05, 3.63) is 28.8 Å². The number of hydrogen-bond acceptors (Lipinski definition) is 4. The molecule has 0 radical (unpaired) electrons. The highest BCUT2D eigenvalue weighted by atomic mass is 35.5. The van der Waals surface area contributed by atoms with Gasteiger partial charge in [-0.25, -0.2) is 8.78 Å². The van der Waals surface area contributed by atoms with E-state index in [1.54, 1.807) is 0 Å². The monoisotopic (exact) mass is 471 g/mol. The Morgan fingerprint density at radius 3 is 2.23 bits per heavy atom. The molecule has 0 heterocycles. The zero-order valence-corrected chi connectivity index (χ0v) is 16.9. The van der Waals surface area contributed by atoms with Crippen molar-refractivity contribution in [2.75, 3.05) is 5.32 Å². The minimum Gasteiger partial charge on any atom is -0.363 e. The maximum atomic E-state index is 13.1. The Bertz CT molecular complexity index is 856. The topological polar surface area (TPSA) is 118 Å². The van der Waals surface area contributed by atoms with Crippen LogP contribution in [0, 0.1) is 0 Å². The van der Waals surface area contributed by atoms with Gasteiger partial charge in [0.05, 0.1) is 23.7 Å². The van der Waals surface area contributed by atoms with Crippen LogP contribution >= 0.6 is 11.6 Å². The summed E-state index contributed by atoms with van der Waals surface area (Å²) in [5.74, 6) is -8.13. The van der Waals surface area contributed by atoms with Crippen molar-refractivity contribution in [2.24, 2.45) is 5.73 Å². The third kappa shape index (κ3) is 9.73. The molecule has 0 unspecified atom stereocenters. The van der Waals surface area contributed by atoms with E-state index < -0.39 is 67.3 Å². The van der Waals surface area contributed by atoms with E-state index in [4.69, 9.17) is 17.3 Å². The summed E-state index contributed by atoms with van der Waals surface area (Å²) in [4.78, 5) is 47.4. The SMILES string of the molecule is CC(F)(F)CC[C@H](NC(=O)c1cc(Cl)ccc1NC(=O)CCC(F)(F)F)C(=O)C(N)=O. The largest absolute Gasteiger partial charge is 0.389 e. The predicted molar refractivity (Wildman–Crippen MR) is 101 cm³/mol. The van der Waals surface area contributed by atoms with E-state index in [-0.39, 0.29) is 16.3 Å². The number of ketones is 1. The van der Waals surface area contributed by atoms with E-state index >= 15 is 0 Å². The standard InChI is InChI=1S/C18H19ClF5N3O4/c1-17(20,21)6-4-12(14(29)15(25)30)27-16(31)10-8-9(19)2-3-11(10)26-13(28)5-7-18(22,23)24/h2-3,8,12H,4-7H2,1H3,(H2,25,30)(H,26,28)(H,27,31)/t12-/m0/s1. The number of halogens is 6. The van der Waals surface area contributed by atoms with Crippen LogP contribution in [0.25, 0.3) is 0 Å². The first-order valence-corrected chi connectivity index (χ1v) is 9.15. The van der Waals surface area contributed by atoms with Crippen LogP contribution in [0.15, 0.2) is 18.2 Å². The van der Waals surface area contributed by atoms with Crippen molar-refractivity contribution in [1.82, 2.24) is 5.32 Å². The van der Waals surface area contributed by atoms with E-state index in [1.807, 2.05) is 0 Å². The number of hydrogen-bond donors (Lipinski definition) is 3. The summed E-state index contributed by atoms with van der Waals surface area (Å²) in [6.07, 6.45) is -8.35. The third-order valence-electron chi connectivity index (χ3n) is 3.87. The average Bonchev–Trinajstić information content (AvgIpc) is 2.62.